The van der Waals surface area contributed by atoms with Crippen molar-refractivity contribution in [3.63, 3.8) is 0 Å². The summed E-state index contributed by atoms with van der Waals surface area (Å²) in [7, 11) is 0. The molecule has 1 amide bonds. The highest BCUT2D eigenvalue weighted by atomic mass is 32.2. The molecule has 2 aromatic rings. The summed E-state index contributed by atoms with van der Waals surface area (Å²) in [6.45, 7) is 0. The van der Waals surface area contributed by atoms with Crippen LogP contribution in [0.4, 0.5) is 0 Å². The Morgan fingerprint density at radius 3 is 2.65 bits per heavy atom. The van der Waals surface area contributed by atoms with Crippen molar-refractivity contribution in [2.75, 3.05) is 0 Å². The van der Waals surface area contributed by atoms with Crippen molar-refractivity contribution >= 4 is 27.8 Å². The average Bonchev–Trinajstić information content (AvgIpc) is 2.46. The molecule has 0 aromatic heterocycles. The fraction of sp³-hybridized carbons (Fsp3) is 0.133. The summed E-state index contributed by atoms with van der Waals surface area (Å²) in [4.78, 5) is 11.6. The highest BCUT2D eigenvalue weighted by Crippen LogP contribution is 2.29. The molecule has 4 nitrogen and oxygen atoms in total. The molecule has 1 aliphatic heterocycles. The zero-order valence-electron chi connectivity index (χ0n) is 10.5. The molecule has 0 saturated carbocycles. The van der Waals surface area contributed by atoms with Crippen LogP contribution in [0.25, 0.3) is 10.8 Å². The van der Waals surface area contributed by atoms with E-state index in [9.17, 15) is 13.6 Å². The Morgan fingerprint density at radius 1 is 1.15 bits per heavy atom. The lowest BCUT2D eigenvalue weighted by molar-refractivity contribution is -0.118. The van der Waals surface area contributed by atoms with Crippen molar-refractivity contribution in [1.82, 2.24) is 5.32 Å². The maximum absolute atomic E-state index is 11.8. The van der Waals surface area contributed by atoms with Gasteiger partial charge in [-0.3, -0.25) is 9.00 Å². The standard InChI is InChI=1S/C15H13NO3S/c17-15-14(20(18)19)9-8-13(16-15)12-7-3-5-10-4-1-2-6-11(10)12/h1-7,9,13H,8H2,(H,16,17)(H,18,19)/p-1. The first kappa shape index (κ1) is 13.0. The van der Waals surface area contributed by atoms with E-state index in [2.05, 4.69) is 5.32 Å². The Labute approximate surface area is 118 Å². The fourth-order valence-electron chi connectivity index (χ4n) is 2.51. The molecule has 0 radical (unpaired) electrons. The number of fused-ring (bicyclic) bond motifs is 1. The number of rotatable bonds is 2. The molecule has 20 heavy (non-hydrogen) atoms. The van der Waals surface area contributed by atoms with Crippen molar-refractivity contribution < 1.29 is 13.6 Å². The SMILES string of the molecule is O=C1NC(c2cccc3ccccc23)CC=C1S(=O)[O-]. The lowest BCUT2D eigenvalue weighted by atomic mass is 9.95. The lowest BCUT2D eigenvalue weighted by Crippen LogP contribution is -2.34. The van der Waals surface area contributed by atoms with Gasteiger partial charge in [-0.2, -0.15) is 0 Å². The predicted molar refractivity (Wildman–Crippen MR) is 76.5 cm³/mol. The monoisotopic (exact) mass is 286 g/mol. The largest absolute Gasteiger partial charge is 0.768 e. The van der Waals surface area contributed by atoms with E-state index in [1.165, 1.54) is 6.08 Å². The number of carbonyl (C=O) groups is 1. The second-order valence-corrected chi connectivity index (χ2v) is 5.54. The van der Waals surface area contributed by atoms with Gasteiger partial charge in [-0.15, -0.1) is 0 Å². The lowest BCUT2D eigenvalue weighted by Gasteiger charge is -2.25. The summed E-state index contributed by atoms with van der Waals surface area (Å²) in [5.74, 6) is -0.539. The number of hydrogen-bond donors (Lipinski definition) is 1. The molecule has 2 unspecified atom stereocenters. The molecule has 1 aliphatic rings. The molecule has 0 fully saturated rings. The van der Waals surface area contributed by atoms with E-state index in [-0.39, 0.29) is 10.9 Å². The van der Waals surface area contributed by atoms with E-state index >= 15 is 0 Å². The number of nitrogens with one attached hydrogen (secondary N) is 1. The number of amides is 1. The van der Waals surface area contributed by atoms with Gasteiger partial charge in [0.1, 0.15) is 0 Å². The van der Waals surface area contributed by atoms with Crippen LogP contribution in [-0.2, 0) is 15.9 Å². The van der Waals surface area contributed by atoms with Crippen molar-refractivity contribution in [2.24, 2.45) is 0 Å². The first-order valence-electron chi connectivity index (χ1n) is 6.25. The third-order valence-corrected chi connectivity index (χ3v) is 4.16. The minimum atomic E-state index is -2.48. The van der Waals surface area contributed by atoms with Crippen molar-refractivity contribution in [1.29, 1.82) is 0 Å². The third kappa shape index (κ3) is 2.26. The van der Waals surface area contributed by atoms with Gasteiger partial charge in [-0.25, -0.2) is 0 Å². The first-order valence-corrected chi connectivity index (χ1v) is 7.32. The zero-order valence-corrected chi connectivity index (χ0v) is 11.4. The number of benzene rings is 2. The van der Waals surface area contributed by atoms with E-state index in [0.717, 1.165) is 16.3 Å². The van der Waals surface area contributed by atoms with Gasteiger partial charge in [0, 0.05) is 0 Å². The quantitative estimate of drug-likeness (QED) is 0.860. The van der Waals surface area contributed by atoms with E-state index in [0.29, 0.717) is 6.42 Å². The van der Waals surface area contributed by atoms with Crippen LogP contribution in [0.15, 0.2) is 53.4 Å². The Hall–Kier alpha value is -1.98. The molecule has 2 aromatic carbocycles. The third-order valence-electron chi connectivity index (χ3n) is 3.45. The first-order chi connectivity index (χ1) is 9.66. The molecule has 0 aliphatic carbocycles. The second-order valence-electron chi connectivity index (χ2n) is 4.63. The molecule has 102 valence electrons. The zero-order chi connectivity index (χ0) is 14.1. The van der Waals surface area contributed by atoms with Gasteiger partial charge < -0.3 is 9.87 Å². The van der Waals surface area contributed by atoms with E-state index in [1.54, 1.807) is 0 Å². The summed E-state index contributed by atoms with van der Waals surface area (Å²) in [5.41, 5.74) is 1.00. The van der Waals surface area contributed by atoms with Gasteiger partial charge in [-0.1, -0.05) is 48.5 Å². The van der Waals surface area contributed by atoms with Gasteiger partial charge in [0.2, 0.25) is 0 Å². The summed E-state index contributed by atoms with van der Waals surface area (Å²) >= 11 is -2.48. The maximum atomic E-state index is 11.8. The normalized spacial score (nSPS) is 20.4. The second kappa shape index (κ2) is 5.19. The van der Waals surface area contributed by atoms with Crippen molar-refractivity contribution in [2.45, 2.75) is 12.5 Å². The molecule has 0 bridgehead atoms. The number of hydrogen-bond acceptors (Lipinski definition) is 3. The van der Waals surface area contributed by atoms with E-state index < -0.39 is 17.0 Å². The molecule has 2 atom stereocenters. The van der Waals surface area contributed by atoms with Crippen molar-refractivity contribution in [3.05, 3.63) is 59.0 Å². The molecule has 1 N–H and O–H groups in total. The molecule has 1 heterocycles. The number of carbonyl (C=O) groups excluding carboxylic acids is 1. The van der Waals surface area contributed by atoms with Crippen LogP contribution in [0.2, 0.25) is 0 Å². The van der Waals surface area contributed by atoms with Crippen LogP contribution in [0, 0.1) is 0 Å². The van der Waals surface area contributed by atoms with Crippen LogP contribution >= 0.6 is 0 Å². The summed E-state index contributed by atoms with van der Waals surface area (Å²) in [6.07, 6.45) is 1.96. The minimum Gasteiger partial charge on any atom is -0.768 e. The van der Waals surface area contributed by atoms with Gasteiger partial charge in [0.15, 0.2) is 0 Å². The van der Waals surface area contributed by atoms with Crippen LogP contribution in [0.3, 0.4) is 0 Å². The highest BCUT2D eigenvalue weighted by molar-refractivity contribution is 7.84. The van der Waals surface area contributed by atoms with Gasteiger partial charge in [0.05, 0.1) is 10.9 Å². The van der Waals surface area contributed by atoms with Gasteiger partial charge in [-0.05, 0) is 33.8 Å². The predicted octanol–water partition coefficient (Wildman–Crippen LogP) is 2.16. The Balaban J connectivity index is 2.02. The van der Waals surface area contributed by atoms with Gasteiger partial charge in [0.25, 0.3) is 5.91 Å². The van der Waals surface area contributed by atoms with Crippen LogP contribution in [0.1, 0.15) is 18.0 Å². The molecule has 3 rings (SSSR count). The summed E-state index contributed by atoms with van der Waals surface area (Å²) in [6, 6.07) is 13.6. The molecule has 0 saturated heterocycles. The molecular formula is C15H12NO3S-. The summed E-state index contributed by atoms with van der Waals surface area (Å²) in [5, 5.41) is 4.92. The van der Waals surface area contributed by atoms with Crippen LogP contribution < -0.4 is 5.32 Å². The molecule has 5 heteroatoms. The van der Waals surface area contributed by atoms with Crippen LogP contribution in [-0.4, -0.2) is 14.7 Å². The van der Waals surface area contributed by atoms with E-state index in [4.69, 9.17) is 0 Å². The molecular weight excluding hydrogens is 274 g/mol. The topological polar surface area (TPSA) is 69.2 Å². The Morgan fingerprint density at radius 2 is 1.90 bits per heavy atom. The van der Waals surface area contributed by atoms with Gasteiger partial charge >= 0.3 is 0 Å². The van der Waals surface area contributed by atoms with E-state index in [1.807, 2.05) is 42.5 Å². The van der Waals surface area contributed by atoms with Crippen molar-refractivity contribution in [3.8, 4) is 0 Å². The Bertz CT molecular complexity index is 733. The minimum absolute atomic E-state index is 0.179. The highest BCUT2D eigenvalue weighted by Gasteiger charge is 2.23. The average molecular weight is 286 g/mol. The molecule has 0 spiro atoms. The van der Waals surface area contributed by atoms with Crippen LogP contribution in [0.5, 0.6) is 0 Å². The summed E-state index contributed by atoms with van der Waals surface area (Å²) < 4.78 is 21.8. The fourth-order valence-corrected chi connectivity index (χ4v) is 2.95. The smallest absolute Gasteiger partial charge is 0.259 e. The maximum Gasteiger partial charge on any atom is 0.259 e. The Kier molecular flexibility index (Phi) is 3.38.